The van der Waals surface area contributed by atoms with E-state index in [1.54, 1.807) is 17.5 Å². The second-order valence-corrected chi connectivity index (χ2v) is 8.19. The first-order chi connectivity index (χ1) is 13.3. The predicted molar refractivity (Wildman–Crippen MR) is 109 cm³/mol. The largest absolute Gasteiger partial charge is 0.545 e. The molecule has 5 nitrogen and oxygen atoms in total. The minimum Gasteiger partial charge on any atom is -0.545 e. The zero-order valence-corrected chi connectivity index (χ0v) is 16.6. The first-order valence-electron chi connectivity index (χ1n) is 8.72. The SMILES string of the molecule is CC(C)(C)c1ccc(-c2csc(NC(=O)/C=C\c3ccco3)c2C(=O)[O-])cc1. The third kappa shape index (κ3) is 4.40. The summed E-state index contributed by atoms with van der Waals surface area (Å²) in [7, 11) is 0. The molecule has 0 aliphatic heterocycles. The van der Waals surface area contributed by atoms with Gasteiger partial charge in [0.15, 0.2) is 0 Å². The number of rotatable bonds is 5. The Morgan fingerprint density at radius 2 is 1.86 bits per heavy atom. The van der Waals surface area contributed by atoms with Gasteiger partial charge in [-0.05, 0) is 34.8 Å². The Kier molecular flexibility index (Phi) is 5.51. The number of amides is 1. The van der Waals surface area contributed by atoms with Crippen molar-refractivity contribution in [3.05, 3.63) is 71.0 Å². The number of furan rings is 1. The van der Waals surface area contributed by atoms with Crippen LogP contribution in [-0.2, 0) is 10.2 Å². The number of hydrogen-bond acceptors (Lipinski definition) is 5. The van der Waals surface area contributed by atoms with Crippen molar-refractivity contribution in [2.45, 2.75) is 26.2 Å². The van der Waals surface area contributed by atoms with Crippen LogP contribution in [0.2, 0.25) is 0 Å². The van der Waals surface area contributed by atoms with Gasteiger partial charge in [-0.25, -0.2) is 0 Å². The van der Waals surface area contributed by atoms with Crippen LogP contribution in [-0.4, -0.2) is 11.9 Å². The van der Waals surface area contributed by atoms with Gasteiger partial charge in [0.2, 0.25) is 5.91 Å². The Balaban J connectivity index is 1.86. The van der Waals surface area contributed by atoms with E-state index in [4.69, 9.17) is 4.42 Å². The maximum atomic E-state index is 12.1. The number of carboxylic acid groups (broad SMARTS) is 1. The standard InChI is InChI=1S/C22H21NO4S/c1-22(2,3)15-8-6-14(7-9-15)17-13-28-20(19(17)21(25)26)23-18(24)11-10-16-5-4-12-27-16/h4-13H,1-3H3,(H,23,24)(H,25,26)/p-1/b11-10-. The molecule has 1 amide bonds. The first kappa shape index (κ1) is 19.6. The Labute approximate surface area is 167 Å². The lowest BCUT2D eigenvalue weighted by Crippen LogP contribution is -2.24. The van der Waals surface area contributed by atoms with Crippen molar-refractivity contribution < 1.29 is 19.1 Å². The molecule has 0 fully saturated rings. The molecule has 2 aromatic heterocycles. The van der Waals surface area contributed by atoms with Gasteiger partial charge in [-0.3, -0.25) is 4.79 Å². The van der Waals surface area contributed by atoms with E-state index in [1.807, 2.05) is 24.3 Å². The summed E-state index contributed by atoms with van der Waals surface area (Å²) >= 11 is 1.15. The summed E-state index contributed by atoms with van der Waals surface area (Å²) in [6, 6.07) is 11.2. The van der Waals surface area contributed by atoms with Crippen molar-refractivity contribution in [3.63, 3.8) is 0 Å². The highest BCUT2D eigenvalue weighted by Gasteiger charge is 2.17. The monoisotopic (exact) mass is 394 g/mol. The van der Waals surface area contributed by atoms with Crippen molar-refractivity contribution in [2.24, 2.45) is 0 Å². The maximum absolute atomic E-state index is 12.1. The molecule has 2 heterocycles. The smallest absolute Gasteiger partial charge is 0.249 e. The van der Waals surface area contributed by atoms with Crippen molar-refractivity contribution >= 4 is 34.3 Å². The van der Waals surface area contributed by atoms with Gasteiger partial charge in [0.25, 0.3) is 0 Å². The van der Waals surface area contributed by atoms with Crippen molar-refractivity contribution in [1.29, 1.82) is 0 Å². The van der Waals surface area contributed by atoms with Gasteiger partial charge in [0.1, 0.15) is 10.8 Å². The van der Waals surface area contributed by atoms with Crippen LogP contribution in [0.4, 0.5) is 5.00 Å². The fourth-order valence-corrected chi connectivity index (χ4v) is 3.67. The highest BCUT2D eigenvalue weighted by atomic mass is 32.1. The van der Waals surface area contributed by atoms with Gasteiger partial charge >= 0.3 is 0 Å². The summed E-state index contributed by atoms with van der Waals surface area (Å²) in [5.74, 6) is -1.25. The van der Waals surface area contributed by atoms with Crippen LogP contribution in [0.3, 0.4) is 0 Å². The van der Waals surface area contributed by atoms with E-state index in [0.29, 0.717) is 11.3 Å². The molecule has 0 saturated heterocycles. The lowest BCUT2D eigenvalue weighted by molar-refractivity contribution is -0.254. The van der Waals surface area contributed by atoms with Gasteiger partial charge < -0.3 is 19.6 Å². The molecule has 6 heteroatoms. The number of anilines is 1. The van der Waals surface area contributed by atoms with E-state index in [-0.39, 0.29) is 16.0 Å². The molecule has 0 radical (unpaired) electrons. The Morgan fingerprint density at radius 3 is 2.43 bits per heavy atom. The van der Waals surface area contributed by atoms with E-state index < -0.39 is 11.9 Å². The van der Waals surface area contributed by atoms with Crippen molar-refractivity contribution in [1.82, 2.24) is 0 Å². The fraction of sp³-hybridized carbons (Fsp3) is 0.182. The highest BCUT2D eigenvalue weighted by Crippen LogP contribution is 2.36. The van der Waals surface area contributed by atoms with E-state index in [0.717, 1.165) is 22.5 Å². The van der Waals surface area contributed by atoms with Gasteiger partial charge in [-0.2, -0.15) is 0 Å². The Morgan fingerprint density at radius 1 is 1.14 bits per heavy atom. The van der Waals surface area contributed by atoms with Crippen LogP contribution in [0.1, 0.15) is 42.5 Å². The summed E-state index contributed by atoms with van der Waals surface area (Å²) in [4.78, 5) is 23.9. The number of carbonyl (C=O) groups is 2. The van der Waals surface area contributed by atoms with Crippen LogP contribution in [0, 0.1) is 0 Å². The fourth-order valence-electron chi connectivity index (χ4n) is 2.71. The topological polar surface area (TPSA) is 82.4 Å². The predicted octanol–water partition coefficient (Wildman–Crippen LogP) is 4.32. The van der Waals surface area contributed by atoms with E-state index in [9.17, 15) is 14.7 Å². The number of thiophene rings is 1. The average molecular weight is 394 g/mol. The van der Waals surface area contributed by atoms with Crippen LogP contribution in [0.5, 0.6) is 0 Å². The summed E-state index contributed by atoms with van der Waals surface area (Å²) in [6.07, 6.45) is 4.30. The van der Waals surface area contributed by atoms with Crippen LogP contribution in [0.25, 0.3) is 17.2 Å². The minimum atomic E-state index is -1.33. The van der Waals surface area contributed by atoms with Crippen molar-refractivity contribution in [3.8, 4) is 11.1 Å². The summed E-state index contributed by atoms with van der Waals surface area (Å²) in [5, 5.41) is 16.3. The zero-order valence-electron chi connectivity index (χ0n) is 15.8. The molecular weight excluding hydrogens is 374 g/mol. The number of aromatic carboxylic acids is 1. The number of benzene rings is 1. The zero-order chi connectivity index (χ0) is 20.3. The number of hydrogen-bond donors (Lipinski definition) is 1. The van der Waals surface area contributed by atoms with Crippen LogP contribution >= 0.6 is 11.3 Å². The molecule has 0 saturated carbocycles. The lowest BCUT2D eigenvalue weighted by atomic mass is 9.86. The third-order valence-electron chi connectivity index (χ3n) is 4.24. The molecule has 144 valence electrons. The van der Waals surface area contributed by atoms with E-state index >= 15 is 0 Å². The van der Waals surface area contributed by atoms with Crippen molar-refractivity contribution in [2.75, 3.05) is 5.32 Å². The van der Waals surface area contributed by atoms with E-state index in [1.165, 1.54) is 18.4 Å². The molecule has 3 aromatic rings. The highest BCUT2D eigenvalue weighted by molar-refractivity contribution is 7.15. The quantitative estimate of drug-likeness (QED) is 0.653. The molecule has 0 aliphatic rings. The molecule has 1 N–H and O–H groups in total. The third-order valence-corrected chi connectivity index (χ3v) is 5.13. The van der Waals surface area contributed by atoms with E-state index in [2.05, 4.69) is 26.1 Å². The molecule has 28 heavy (non-hydrogen) atoms. The Bertz CT molecular complexity index is 1010. The van der Waals surface area contributed by atoms with Crippen LogP contribution in [0.15, 0.2) is 58.5 Å². The number of carboxylic acids is 1. The second kappa shape index (κ2) is 7.86. The normalized spacial score (nSPS) is 11.7. The Hall–Kier alpha value is -3.12. The molecule has 0 aliphatic carbocycles. The van der Waals surface area contributed by atoms with Gasteiger partial charge in [0.05, 0.1) is 12.2 Å². The summed E-state index contributed by atoms with van der Waals surface area (Å²) in [5.41, 5.74) is 2.42. The molecule has 1 aromatic carbocycles. The molecule has 0 unspecified atom stereocenters. The molecule has 0 atom stereocenters. The van der Waals surface area contributed by atoms with Gasteiger partial charge in [-0.15, -0.1) is 11.3 Å². The minimum absolute atomic E-state index is 0.00379. The average Bonchev–Trinajstić information content (AvgIpc) is 3.29. The number of carbonyl (C=O) groups excluding carboxylic acids is 2. The second-order valence-electron chi connectivity index (χ2n) is 7.31. The number of nitrogens with one attached hydrogen (secondary N) is 1. The van der Waals surface area contributed by atoms with Gasteiger partial charge in [-0.1, -0.05) is 45.0 Å². The molecule has 3 rings (SSSR count). The summed E-state index contributed by atoms with van der Waals surface area (Å²) in [6.45, 7) is 6.34. The first-order valence-corrected chi connectivity index (χ1v) is 9.60. The molecular formula is C22H20NO4S-. The maximum Gasteiger partial charge on any atom is 0.249 e. The molecule has 0 bridgehead atoms. The van der Waals surface area contributed by atoms with Crippen LogP contribution < -0.4 is 10.4 Å². The summed E-state index contributed by atoms with van der Waals surface area (Å²) < 4.78 is 5.12. The lowest BCUT2D eigenvalue weighted by Gasteiger charge is -2.19. The van der Waals surface area contributed by atoms with Gasteiger partial charge in [0, 0.05) is 22.6 Å². The molecule has 0 spiro atoms.